The Morgan fingerprint density at radius 3 is 2.88 bits per heavy atom. The van der Waals surface area contributed by atoms with E-state index in [0.29, 0.717) is 6.42 Å². The maximum absolute atomic E-state index is 13.0. The number of nitrogens with one attached hydrogen (secondary N) is 1. The second-order valence-corrected chi connectivity index (χ2v) is 8.17. The van der Waals surface area contributed by atoms with Crippen molar-refractivity contribution in [3.8, 4) is 0 Å². The normalized spacial score (nSPS) is 18.2. The molecular weight excluding hydrogens is 400 g/mol. The molecule has 25 heavy (non-hydrogen) atoms. The van der Waals surface area contributed by atoms with Gasteiger partial charge in [0.15, 0.2) is 0 Å². The van der Waals surface area contributed by atoms with Crippen LogP contribution in [0.2, 0.25) is 0 Å². The summed E-state index contributed by atoms with van der Waals surface area (Å²) in [5.74, 6) is -0.0224. The van der Waals surface area contributed by atoms with Crippen molar-refractivity contribution in [2.24, 2.45) is 0 Å². The topological polar surface area (TPSA) is 49.4 Å². The molecule has 2 aromatic rings. The van der Waals surface area contributed by atoms with Gasteiger partial charge in [0, 0.05) is 22.8 Å². The van der Waals surface area contributed by atoms with Crippen molar-refractivity contribution in [1.82, 2.24) is 10.2 Å². The highest BCUT2D eigenvalue weighted by Crippen LogP contribution is 2.34. The van der Waals surface area contributed by atoms with Gasteiger partial charge in [-0.05, 0) is 42.0 Å². The quantitative estimate of drug-likeness (QED) is 0.776. The predicted octanol–water partition coefficient (Wildman–Crippen LogP) is 4.44. The summed E-state index contributed by atoms with van der Waals surface area (Å²) in [7, 11) is 0. The second-order valence-electron chi connectivity index (χ2n) is 6.27. The Labute approximate surface area is 160 Å². The first-order valence-corrected chi connectivity index (χ1v) is 10.1. The first-order valence-electron chi connectivity index (χ1n) is 8.40. The summed E-state index contributed by atoms with van der Waals surface area (Å²) < 4.78 is 1.03. The summed E-state index contributed by atoms with van der Waals surface area (Å²) >= 11 is 5.08. The first kappa shape index (κ1) is 18.1. The average molecular weight is 421 g/mol. The second kappa shape index (κ2) is 8.15. The van der Waals surface area contributed by atoms with E-state index in [1.165, 1.54) is 6.92 Å². The Morgan fingerprint density at radius 2 is 2.20 bits per heavy atom. The molecule has 1 saturated heterocycles. The summed E-state index contributed by atoms with van der Waals surface area (Å²) in [6.07, 6.45) is 2.28. The van der Waals surface area contributed by atoms with E-state index in [2.05, 4.69) is 33.4 Å². The van der Waals surface area contributed by atoms with E-state index in [1.807, 2.05) is 34.5 Å². The number of benzene rings is 1. The molecule has 1 aliphatic heterocycles. The van der Waals surface area contributed by atoms with Crippen molar-refractivity contribution in [2.45, 2.75) is 38.3 Å². The average Bonchev–Trinajstić information content (AvgIpc) is 3.25. The maximum atomic E-state index is 13.0. The number of carbonyl (C=O) groups is 2. The Balaban J connectivity index is 1.75. The molecule has 6 heteroatoms. The lowest BCUT2D eigenvalue weighted by Gasteiger charge is -2.27. The molecule has 4 nitrogen and oxygen atoms in total. The summed E-state index contributed by atoms with van der Waals surface area (Å²) in [6.45, 7) is 2.26. The van der Waals surface area contributed by atoms with Crippen molar-refractivity contribution < 1.29 is 9.59 Å². The number of hydrogen-bond donors (Lipinski definition) is 1. The van der Waals surface area contributed by atoms with Crippen LogP contribution < -0.4 is 5.32 Å². The molecule has 1 aromatic heterocycles. The first-order chi connectivity index (χ1) is 12.0. The lowest BCUT2D eigenvalue weighted by atomic mass is 10.0. The van der Waals surface area contributed by atoms with E-state index in [-0.39, 0.29) is 23.9 Å². The van der Waals surface area contributed by atoms with Crippen molar-refractivity contribution >= 4 is 39.1 Å². The van der Waals surface area contributed by atoms with Crippen LogP contribution in [0.5, 0.6) is 0 Å². The van der Waals surface area contributed by atoms with Gasteiger partial charge in [0.05, 0.1) is 18.5 Å². The minimum absolute atomic E-state index is 0.0922. The number of thiophene rings is 1. The Morgan fingerprint density at radius 1 is 1.36 bits per heavy atom. The van der Waals surface area contributed by atoms with Crippen LogP contribution in [0.1, 0.15) is 48.7 Å². The van der Waals surface area contributed by atoms with Crippen molar-refractivity contribution in [1.29, 1.82) is 0 Å². The molecule has 3 rings (SSSR count). The molecule has 0 spiro atoms. The van der Waals surface area contributed by atoms with Crippen molar-refractivity contribution in [3.05, 3.63) is 56.7 Å². The molecule has 2 atom stereocenters. The van der Waals surface area contributed by atoms with Gasteiger partial charge in [-0.25, -0.2) is 0 Å². The zero-order valence-electron chi connectivity index (χ0n) is 14.1. The fraction of sp³-hybridized carbons (Fsp3) is 0.368. The fourth-order valence-corrected chi connectivity index (χ4v) is 4.57. The monoisotopic (exact) mass is 420 g/mol. The largest absolute Gasteiger partial charge is 0.348 e. The molecule has 1 aromatic carbocycles. The van der Waals surface area contributed by atoms with Gasteiger partial charge in [-0.15, -0.1) is 11.3 Å². The lowest BCUT2D eigenvalue weighted by molar-refractivity contribution is -0.133. The number of nitrogens with zero attached hydrogens (tertiary/aromatic N) is 1. The van der Waals surface area contributed by atoms with Gasteiger partial charge < -0.3 is 10.2 Å². The summed E-state index contributed by atoms with van der Waals surface area (Å²) in [4.78, 5) is 27.5. The molecule has 1 fully saturated rings. The zero-order chi connectivity index (χ0) is 17.8. The zero-order valence-corrected chi connectivity index (χ0v) is 16.5. The highest BCUT2D eigenvalue weighted by molar-refractivity contribution is 9.10. The van der Waals surface area contributed by atoms with Crippen molar-refractivity contribution in [2.75, 3.05) is 6.54 Å². The van der Waals surface area contributed by atoms with Gasteiger partial charge in [0.25, 0.3) is 0 Å². The van der Waals surface area contributed by atoms with Crippen LogP contribution >= 0.6 is 27.3 Å². The number of likely N-dealkylation sites (tertiary alicyclic amines) is 1. The third-order valence-electron chi connectivity index (χ3n) is 4.45. The minimum Gasteiger partial charge on any atom is -0.348 e. The molecule has 0 bridgehead atoms. The number of hydrogen-bond acceptors (Lipinski definition) is 3. The number of amides is 2. The van der Waals surface area contributed by atoms with Crippen LogP contribution in [-0.2, 0) is 9.59 Å². The van der Waals surface area contributed by atoms with E-state index in [9.17, 15) is 9.59 Å². The third kappa shape index (κ3) is 4.50. The molecule has 0 saturated carbocycles. The highest BCUT2D eigenvalue weighted by Gasteiger charge is 2.31. The molecule has 1 N–H and O–H groups in total. The molecule has 0 radical (unpaired) electrons. The standard InChI is InChI=1S/C19H21BrN2O2S/c1-13(23)21-16(18-8-4-10-25-18)12-19(24)22-9-3-7-17(22)14-5-2-6-15(20)11-14/h2,4-6,8,10-11,16-17H,3,7,9,12H2,1H3,(H,21,23). The summed E-state index contributed by atoms with van der Waals surface area (Å²) in [5.41, 5.74) is 1.16. The Bertz CT molecular complexity index is 748. The molecular formula is C19H21BrN2O2S. The molecule has 0 aliphatic carbocycles. The van der Waals surface area contributed by atoms with Crippen LogP contribution in [0.15, 0.2) is 46.3 Å². The molecule has 2 amide bonds. The molecule has 2 heterocycles. The maximum Gasteiger partial charge on any atom is 0.225 e. The van der Waals surface area contributed by atoms with Crippen LogP contribution in [0, 0.1) is 0 Å². The number of carbonyl (C=O) groups excluding carboxylic acids is 2. The van der Waals surface area contributed by atoms with E-state index >= 15 is 0 Å². The van der Waals surface area contributed by atoms with E-state index in [1.54, 1.807) is 11.3 Å². The fourth-order valence-electron chi connectivity index (χ4n) is 3.38. The number of rotatable bonds is 5. The van der Waals surface area contributed by atoms with Gasteiger partial charge in [-0.1, -0.05) is 34.1 Å². The van der Waals surface area contributed by atoms with E-state index in [4.69, 9.17) is 0 Å². The van der Waals surface area contributed by atoms with Crippen LogP contribution in [0.3, 0.4) is 0 Å². The smallest absolute Gasteiger partial charge is 0.225 e. The Kier molecular flexibility index (Phi) is 5.91. The van der Waals surface area contributed by atoms with Gasteiger partial charge in [-0.2, -0.15) is 0 Å². The van der Waals surface area contributed by atoms with Crippen LogP contribution in [0.25, 0.3) is 0 Å². The van der Waals surface area contributed by atoms with Crippen LogP contribution in [0.4, 0.5) is 0 Å². The minimum atomic E-state index is -0.256. The van der Waals surface area contributed by atoms with Gasteiger partial charge >= 0.3 is 0 Å². The van der Waals surface area contributed by atoms with Gasteiger partial charge in [0.1, 0.15) is 0 Å². The summed E-state index contributed by atoms with van der Waals surface area (Å²) in [5, 5.41) is 4.88. The lowest BCUT2D eigenvalue weighted by Crippen LogP contribution is -2.35. The Hall–Kier alpha value is -1.66. The molecule has 2 unspecified atom stereocenters. The predicted molar refractivity (Wildman–Crippen MR) is 103 cm³/mol. The molecule has 132 valence electrons. The van der Waals surface area contributed by atoms with E-state index < -0.39 is 0 Å². The van der Waals surface area contributed by atoms with Gasteiger partial charge in [-0.3, -0.25) is 9.59 Å². The van der Waals surface area contributed by atoms with E-state index in [0.717, 1.165) is 34.3 Å². The third-order valence-corrected chi connectivity index (χ3v) is 5.93. The number of halogens is 1. The van der Waals surface area contributed by atoms with Crippen LogP contribution in [-0.4, -0.2) is 23.3 Å². The molecule has 1 aliphatic rings. The highest BCUT2D eigenvalue weighted by atomic mass is 79.9. The van der Waals surface area contributed by atoms with Gasteiger partial charge in [0.2, 0.25) is 11.8 Å². The summed E-state index contributed by atoms with van der Waals surface area (Å²) in [6, 6.07) is 11.9. The van der Waals surface area contributed by atoms with Crippen molar-refractivity contribution in [3.63, 3.8) is 0 Å². The SMILES string of the molecule is CC(=O)NC(CC(=O)N1CCCC1c1cccc(Br)c1)c1cccs1.